The zero-order chi connectivity index (χ0) is 16.6. The Labute approximate surface area is 142 Å². The van der Waals surface area contributed by atoms with Gasteiger partial charge in [0, 0.05) is 22.9 Å². The van der Waals surface area contributed by atoms with Crippen molar-refractivity contribution in [3.05, 3.63) is 63.3 Å². The molecule has 8 heteroatoms. The zero-order valence-corrected chi connectivity index (χ0v) is 14.2. The lowest BCUT2D eigenvalue weighted by Crippen LogP contribution is -2.13. The minimum absolute atomic E-state index is 0.105. The van der Waals surface area contributed by atoms with Gasteiger partial charge in [-0.25, -0.2) is 13.8 Å². The molecule has 0 aliphatic heterocycles. The fourth-order valence-corrected chi connectivity index (χ4v) is 3.43. The van der Waals surface area contributed by atoms with Gasteiger partial charge in [0.15, 0.2) is 10.9 Å². The first-order valence-electron chi connectivity index (χ1n) is 6.52. The Hall–Kier alpha value is -2.06. The van der Waals surface area contributed by atoms with E-state index >= 15 is 0 Å². The van der Waals surface area contributed by atoms with E-state index in [-0.39, 0.29) is 10.2 Å². The molecule has 0 bridgehead atoms. The minimum atomic E-state index is -0.849. The standard InChI is InChI=1S/C15H10BrF2N3OS/c1-8-13(23-15(19-8)21-4-2-3-5-21)14(22)20-12-10(16)6-9(17)7-11(12)18/h2-7H,1H3,(H,20,22). The Morgan fingerprint density at radius 2 is 2.00 bits per heavy atom. The van der Waals surface area contributed by atoms with Crippen molar-refractivity contribution >= 4 is 38.9 Å². The lowest BCUT2D eigenvalue weighted by molar-refractivity contribution is 0.102. The molecule has 0 atom stereocenters. The van der Waals surface area contributed by atoms with E-state index < -0.39 is 17.5 Å². The maximum Gasteiger partial charge on any atom is 0.267 e. The van der Waals surface area contributed by atoms with Crippen molar-refractivity contribution in [2.75, 3.05) is 5.32 Å². The van der Waals surface area contributed by atoms with Crippen molar-refractivity contribution in [2.24, 2.45) is 0 Å². The summed E-state index contributed by atoms with van der Waals surface area (Å²) >= 11 is 4.23. The van der Waals surface area contributed by atoms with Crippen LogP contribution in [0.5, 0.6) is 0 Å². The quantitative estimate of drug-likeness (QED) is 0.705. The van der Waals surface area contributed by atoms with Gasteiger partial charge in [0.1, 0.15) is 10.7 Å². The largest absolute Gasteiger partial charge is 0.318 e. The minimum Gasteiger partial charge on any atom is -0.318 e. The van der Waals surface area contributed by atoms with Crippen LogP contribution in [0.2, 0.25) is 0 Å². The molecule has 0 fully saturated rings. The van der Waals surface area contributed by atoms with Crippen molar-refractivity contribution in [1.29, 1.82) is 0 Å². The first-order valence-corrected chi connectivity index (χ1v) is 8.13. The van der Waals surface area contributed by atoms with Crippen LogP contribution in [0.1, 0.15) is 15.4 Å². The van der Waals surface area contributed by atoms with Crippen LogP contribution in [0.25, 0.3) is 5.13 Å². The van der Waals surface area contributed by atoms with Crippen LogP contribution in [0.4, 0.5) is 14.5 Å². The fraction of sp³-hybridized carbons (Fsp3) is 0.0667. The third-order valence-corrected chi connectivity index (χ3v) is 4.86. The van der Waals surface area contributed by atoms with Gasteiger partial charge in [-0.05, 0) is 41.1 Å². The summed E-state index contributed by atoms with van der Waals surface area (Å²) in [7, 11) is 0. The summed E-state index contributed by atoms with van der Waals surface area (Å²) in [5.74, 6) is -2.07. The number of nitrogens with one attached hydrogen (secondary N) is 1. The third-order valence-electron chi connectivity index (χ3n) is 3.06. The van der Waals surface area contributed by atoms with E-state index in [0.29, 0.717) is 21.8 Å². The van der Waals surface area contributed by atoms with Crippen LogP contribution in [-0.2, 0) is 0 Å². The molecule has 0 unspecified atom stereocenters. The SMILES string of the molecule is Cc1nc(-n2cccc2)sc1C(=O)Nc1c(F)cc(F)cc1Br. The average Bonchev–Trinajstić information content (AvgIpc) is 3.11. The number of halogens is 3. The summed E-state index contributed by atoms with van der Waals surface area (Å²) in [5, 5.41) is 3.09. The van der Waals surface area contributed by atoms with Gasteiger partial charge in [-0.15, -0.1) is 0 Å². The Bertz CT molecular complexity index is 854. The van der Waals surface area contributed by atoms with Crippen LogP contribution in [0.3, 0.4) is 0 Å². The summed E-state index contributed by atoms with van der Waals surface area (Å²) < 4.78 is 28.8. The molecule has 23 heavy (non-hydrogen) atoms. The number of carbonyl (C=O) groups excluding carboxylic acids is 1. The van der Waals surface area contributed by atoms with Crippen molar-refractivity contribution in [3.63, 3.8) is 0 Å². The number of hydrogen-bond donors (Lipinski definition) is 1. The first kappa shape index (κ1) is 15.8. The lowest BCUT2D eigenvalue weighted by Gasteiger charge is -2.08. The second-order valence-electron chi connectivity index (χ2n) is 4.70. The van der Waals surface area contributed by atoms with E-state index in [9.17, 15) is 13.6 Å². The Kier molecular flexibility index (Phi) is 4.27. The number of thiazole rings is 1. The van der Waals surface area contributed by atoms with Crippen molar-refractivity contribution in [2.45, 2.75) is 6.92 Å². The van der Waals surface area contributed by atoms with Gasteiger partial charge in [0.2, 0.25) is 0 Å². The normalized spacial score (nSPS) is 10.8. The van der Waals surface area contributed by atoms with E-state index in [1.54, 1.807) is 11.5 Å². The van der Waals surface area contributed by atoms with Crippen molar-refractivity contribution in [1.82, 2.24) is 9.55 Å². The number of hydrogen-bond acceptors (Lipinski definition) is 3. The highest BCUT2D eigenvalue weighted by atomic mass is 79.9. The molecule has 0 aliphatic carbocycles. The molecule has 0 saturated carbocycles. The van der Waals surface area contributed by atoms with Crippen LogP contribution in [0.15, 0.2) is 41.1 Å². The molecule has 3 rings (SSSR count). The van der Waals surface area contributed by atoms with Gasteiger partial charge >= 0.3 is 0 Å². The van der Waals surface area contributed by atoms with Gasteiger partial charge in [-0.2, -0.15) is 0 Å². The highest BCUT2D eigenvalue weighted by molar-refractivity contribution is 9.10. The molecule has 4 nitrogen and oxygen atoms in total. The highest BCUT2D eigenvalue weighted by Gasteiger charge is 2.19. The predicted octanol–water partition coefficient (Wildman–Crippen LogP) is 4.54. The van der Waals surface area contributed by atoms with Crippen LogP contribution < -0.4 is 5.32 Å². The number of anilines is 1. The molecule has 0 aliphatic rings. The molecule has 1 aromatic carbocycles. The van der Waals surface area contributed by atoms with Gasteiger partial charge < -0.3 is 9.88 Å². The number of carbonyl (C=O) groups is 1. The van der Waals surface area contributed by atoms with E-state index in [2.05, 4.69) is 26.2 Å². The number of nitrogens with zero attached hydrogens (tertiary/aromatic N) is 2. The molecule has 2 heterocycles. The van der Waals surface area contributed by atoms with Crippen LogP contribution >= 0.6 is 27.3 Å². The average molecular weight is 398 g/mol. The van der Waals surface area contributed by atoms with Crippen molar-refractivity contribution in [3.8, 4) is 5.13 Å². The molecule has 0 radical (unpaired) electrons. The Morgan fingerprint density at radius 1 is 1.30 bits per heavy atom. The molecular formula is C15H10BrF2N3OS. The molecule has 3 aromatic rings. The summed E-state index contributed by atoms with van der Waals surface area (Å²) in [6.45, 7) is 1.70. The maximum absolute atomic E-state index is 13.8. The van der Waals surface area contributed by atoms with E-state index in [1.807, 2.05) is 24.5 Å². The molecule has 0 spiro atoms. The molecule has 118 valence electrons. The summed E-state index contributed by atoms with van der Waals surface area (Å²) in [5.41, 5.74) is 0.432. The monoisotopic (exact) mass is 397 g/mol. The van der Waals surface area contributed by atoms with Crippen LogP contribution in [-0.4, -0.2) is 15.5 Å². The Morgan fingerprint density at radius 3 is 2.65 bits per heavy atom. The molecule has 2 aromatic heterocycles. The van der Waals surface area contributed by atoms with Crippen LogP contribution in [0, 0.1) is 18.6 Å². The predicted molar refractivity (Wildman–Crippen MR) is 88.2 cm³/mol. The first-order chi connectivity index (χ1) is 11.0. The van der Waals surface area contributed by atoms with Gasteiger partial charge in [-0.3, -0.25) is 4.79 Å². The summed E-state index contributed by atoms with van der Waals surface area (Å²) in [6.07, 6.45) is 3.63. The lowest BCUT2D eigenvalue weighted by atomic mass is 10.3. The second-order valence-corrected chi connectivity index (χ2v) is 6.53. The van der Waals surface area contributed by atoms with E-state index in [0.717, 1.165) is 6.07 Å². The van der Waals surface area contributed by atoms with Gasteiger partial charge in [0.25, 0.3) is 5.91 Å². The summed E-state index contributed by atoms with van der Waals surface area (Å²) in [4.78, 5) is 17.1. The van der Waals surface area contributed by atoms with Gasteiger partial charge in [0.05, 0.1) is 11.4 Å². The number of rotatable bonds is 3. The van der Waals surface area contributed by atoms with Gasteiger partial charge in [-0.1, -0.05) is 11.3 Å². The second kappa shape index (κ2) is 6.21. The Balaban J connectivity index is 1.90. The fourth-order valence-electron chi connectivity index (χ4n) is 2.00. The molecule has 1 N–H and O–H groups in total. The van der Waals surface area contributed by atoms with Crippen molar-refractivity contribution < 1.29 is 13.6 Å². The van der Waals surface area contributed by atoms with E-state index in [1.165, 1.54) is 11.3 Å². The topological polar surface area (TPSA) is 46.9 Å². The molecular weight excluding hydrogens is 388 g/mol. The zero-order valence-electron chi connectivity index (χ0n) is 11.8. The maximum atomic E-state index is 13.8. The number of aryl methyl sites for hydroxylation is 1. The molecule has 0 saturated heterocycles. The number of benzene rings is 1. The highest BCUT2D eigenvalue weighted by Crippen LogP contribution is 2.29. The number of aromatic nitrogens is 2. The summed E-state index contributed by atoms with van der Waals surface area (Å²) in [6, 6.07) is 5.50. The third kappa shape index (κ3) is 3.18. The van der Waals surface area contributed by atoms with E-state index in [4.69, 9.17) is 0 Å². The number of amides is 1. The smallest absolute Gasteiger partial charge is 0.267 e. The molecule has 1 amide bonds.